The number of amides is 2. The van der Waals surface area contributed by atoms with E-state index in [9.17, 15) is 9.59 Å². The van der Waals surface area contributed by atoms with Crippen molar-refractivity contribution in [2.24, 2.45) is 17.3 Å². The summed E-state index contributed by atoms with van der Waals surface area (Å²) in [6, 6.07) is 3.80. The van der Waals surface area contributed by atoms with Crippen LogP contribution >= 0.6 is 0 Å². The van der Waals surface area contributed by atoms with E-state index in [1.54, 1.807) is 20.8 Å². The molecule has 1 aliphatic rings. The van der Waals surface area contributed by atoms with Crippen LogP contribution in [0.4, 0.5) is 0 Å². The summed E-state index contributed by atoms with van der Waals surface area (Å²) in [4.78, 5) is 24.7. The number of hydrogen-bond donors (Lipinski definition) is 0. The zero-order valence-corrected chi connectivity index (χ0v) is 9.52. The predicted octanol–water partition coefficient (Wildman–Crippen LogP) is 0.681. The van der Waals surface area contributed by atoms with Crippen LogP contribution in [0, 0.1) is 39.9 Å². The first-order valence-corrected chi connectivity index (χ1v) is 5.06. The average molecular weight is 219 g/mol. The van der Waals surface area contributed by atoms with E-state index in [1.807, 2.05) is 12.1 Å². The third kappa shape index (κ3) is 1.45. The average Bonchev–Trinajstić information content (AvgIpc) is 2.18. The maximum Gasteiger partial charge on any atom is 0.247 e. The molecule has 1 saturated heterocycles. The third-order valence-electron chi connectivity index (χ3n) is 3.09. The summed E-state index contributed by atoms with van der Waals surface area (Å²) in [5.41, 5.74) is -0.927. The number of piperidine rings is 1. The van der Waals surface area contributed by atoms with Crippen LogP contribution in [0.1, 0.15) is 20.8 Å². The molecular formula is C11H13N3O2. The Morgan fingerprint density at radius 2 is 1.56 bits per heavy atom. The Labute approximate surface area is 94.3 Å². The van der Waals surface area contributed by atoms with Crippen LogP contribution < -0.4 is 0 Å². The molecule has 1 aliphatic heterocycles. The molecular weight excluding hydrogens is 206 g/mol. The largest absolute Gasteiger partial charge is 0.281 e. The number of hydrogen-bond acceptors (Lipinski definition) is 4. The van der Waals surface area contributed by atoms with Crippen LogP contribution in [0.2, 0.25) is 0 Å². The Morgan fingerprint density at radius 3 is 1.81 bits per heavy atom. The minimum atomic E-state index is -0.935. The highest BCUT2D eigenvalue weighted by molar-refractivity contribution is 6.03. The molecule has 2 unspecified atom stereocenters. The third-order valence-corrected chi connectivity index (χ3v) is 3.09. The van der Waals surface area contributed by atoms with E-state index < -0.39 is 29.1 Å². The molecule has 5 heteroatoms. The molecule has 2 atom stereocenters. The van der Waals surface area contributed by atoms with Gasteiger partial charge in [0, 0.05) is 12.0 Å². The molecule has 0 aliphatic carbocycles. The van der Waals surface area contributed by atoms with Gasteiger partial charge >= 0.3 is 0 Å². The Kier molecular flexibility index (Phi) is 3.00. The lowest BCUT2D eigenvalue weighted by Gasteiger charge is -2.41. The van der Waals surface area contributed by atoms with E-state index in [-0.39, 0.29) is 6.54 Å². The summed E-state index contributed by atoms with van der Waals surface area (Å²) in [6.07, 6.45) is 0. The van der Waals surface area contributed by atoms with Crippen molar-refractivity contribution in [2.75, 3.05) is 6.54 Å². The van der Waals surface area contributed by atoms with E-state index in [4.69, 9.17) is 10.5 Å². The fourth-order valence-electron chi connectivity index (χ4n) is 1.98. The predicted molar refractivity (Wildman–Crippen MR) is 54.4 cm³/mol. The van der Waals surface area contributed by atoms with E-state index in [0.717, 1.165) is 4.90 Å². The van der Waals surface area contributed by atoms with Gasteiger partial charge in [0.2, 0.25) is 11.8 Å². The fraction of sp³-hybridized carbons (Fsp3) is 0.636. The molecule has 2 amide bonds. The maximum atomic E-state index is 11.8. The van der Waals surface area contributed by atoms with Crippen molar-refractivity contribution in [3.63, 3.8) is 0 Å². The fourth-order valence-corrected chi connectivity index (χ4v) is 1.98. The summed E-state index contributed by atoms with van der Waals surface area (Å²) >= 11 is 0. The summed E-state index contributed by atoms with van der Waals surface area (Å²) in [6.45, 7) is 5.07. The SMILES string of the molecule is CCN1C(=O)C(C#N)C(C)(C)C(C#N)C1=O. The van der Waals surface area contributed by atoms with Gasteiger partial charge in [-0.25, -0.2) is 0 Å². The molecule has 0 bridgehead atoms. The van der Waals surface area contributed by atoms with Gasteiger partial charge < -0.3 is 0 Å². The first-order valence-electron chi connectivity index (χ1n) is 5.06. The second-order valence-electron chi connectivity index (χ2n) is 4.37. The van der Waals surface area contributed by atoms with Gasteiger partial charge in [0.25, 0.3) is 0 Å². The van der Waals surface area contributed by atoms with Gasteiger partial charge in [-0.15, -0.1) is 0 Å². The number of nitriles is 2. The smallest absolute Gasteiger partial charge is 0.247 e. The Balaban J connectivity index is 3.28. The standard InChI is InChI=1S/C11H13N3O2/c1-4-14-9(15)7(5-12)11(2,3)8(6-13)10(14)16/h7-8H,4H2,1-3H3. The highest BCUT2D eigenvalue weighted by Gasteiger charge is 2.53. The van der Waals surface area contributed by atoms with Crippen molar-refractivity contribution in [1.82, 2.24) is 4.90 Å². The lowest BCUT2D eigenvalue weighted by atomic mass is 9.66. The second kappa shape index (κ2) is 3.94. The molecule has 5 nitrogen and oxygen atoms in total. The zero-order chi connectivity index (χ0) is 12.5. The molecule has 16 heavy (non-hydrogen) atoms. The number of rotatable bonds is 1. The van der Waals surface area contributed by atoms with Gasteiger partial charge in [0.05, 0.1) is 12.1 Å². The van der Waals surface area contributed by atoms with Crippen LogP contribution in [-0.2, 0) is 9.59 Å². The highest BCUT2D eigenvalue weighted by Crippen LogP contribution is 2.40. The normalized spacial score (nSPS) is 28.4. The molecule has 0 spiro atoms. The van der Waals surface area contributed by atoms with Crippen molar-refractivity contribution < 1.29 is 9.59 Å². The molecule has 0 aromatic heterocycles. The Hall–Kier alpha value is -1.88. The summed E-state index contributed by atoms with van der Waals surface area (Å²) in [7, 11) is 0. The van der Waals surface area contributed by atoms with Gasteiger partial charge in [-0.3, -0.25) is 14.5 Å². The van der Waals surface area contributed by atoms with E-state index in [2.05, 4.69) is 0 Å². The zero-order valence-electron chi connectivity index (χ0n) is 9.52. The molecule has 1 fully saturated rings. The van der Waals surface area contributed by atoms with Crippen LogP contribution in [0.25, 0.3) is 0 Å². The van der Waals surface area contributed by atoms with Crippen molar-refractivity contribution in [3.8, 4) is 12.1 Å². The van der Waals surface area contributed by atoms with Gasteiger partial charge in [-0.1, -0.05) is 13.8 Å². The quantitative estimate of drug-likeness (QED) is 0.607. The van der Waals surface area contributed by atoms with Gasteiger partial charge in [-0.2, -0.15) is 10.5 Å². The first kappa shape index (κ1) is 12.2. The minimum Gasteiger partial charge on any atom is -0.281 e. The molecule has 0 saturated carbocycles. The highest BCUT2D eigenvalue weighted by atomic mass is 16.2. The lowest BCUT2D eigenvalue weighted by Crippen LogP contribution is -2.57. The van der Waals surface area contributed by atoms with Crippen LogP contribution in [0.5, 0.6) is 0 Å². The molecule has 84 valence electrons. The van der Waals surface area contributed by atoms with Gasteiger partial charge in [-0.05, 0) is 6.92 Å². The van der Waals surface area contributed by atoms with Crippen molar-refractivity contribution >= 4 is 11.8 Å². The minimum absolute atomic E-state index is 0.199. The Morgan fingerprint density at radius 1 is 1.19 bits per heavy atom. The number of carbonyl (C=O) groups excluding carboxylic acids is 2. The first-order chi connectivity index (χ1) is 7.41. The lowest BCUT2D eigenvalue weighted by molar-refractivity contribution is -0.159. The maximum absolute atomic E-state index is 11.8. The van der Waals surface area contributed by atoms with Crippen LogP contribution in [0.15, 0.2) is 0 Å². The van der Waals surface area contributed by atoms with Crippen molar-refractivity contribution in [2.45, 2.75) is 20.8 Å². The second-order valence-corrected chi connectivity index (χ2v) is 4.37. The number of carbonyl (C=O) groups is 2. The summed E-state index contributed by atoms with van der Waals surface area (Å²) < 4.78 is 0. The monoisotopic (exact) mass is 219 g/mol. The number of likely N-dealkylation sites (tertiary alicyclic amines) is 1. The van der Waals surface area contributed by atoms with Gasteiger partial charge in [0.1, 0.15) is 11.8 Å². The summed E-state index contributed by atoms with van der Waals surface area (Å²) in [5, 5.41) is 18.0. The molecule has 0 aromatic rings. The number of nitrogens with zero attached hydrogens (tertiary/aromatic N) is 3. The van der Waals surface area contributed by atoms with Crippen LogP contribution in [0.3, 0.4) is 0 Å². The topological polar surface area (TPSA) is 85.0 Å². The van der Waals surface area contributed by atoms with E-state index in [1.165, 1.54) is 0 Å². The summed E-state index contributed by atoms with van der Waals surface area (Å²) in [5.74, 6) is -2.86. The van der Waals surface area contributed by atoms with Crippen molar-refractivity contribution in [3.05, 3.63) is 0 Å². The van der Waals surface area contributed by atoms with Crippen molar-refractivity contribution in [1.29, 1.82) is 10.5 Å². The Bertz CT molecular complexity index is 378. The molecule has 0 aromatic carbocycles. The van der Waals surface area contributed by atoms with Crippen LogP contribution in [-0.4, -0.2) is 23.3 Å². The van der Waals surface area contributed by atoms with E-state index in [0.29, 0.717) is 0 Å². The number of imide groups is 1. The molecule has 1 heterocycles. The molecule has 0 radical (unpaired) electrons. The molecule has 1 rings (SSSR count). The molecule has 0 N–H and O–H groups in total. The van der Waals surface area contributed by atoms with Gasteiger partial charge in [0.15, 0.2) is 0 Å². The van der Waals surface area contributed by atoms with E-state index >= 15 is 0 Å².